The van der Waals surface area contributed by atoms with Gasteiger partial charge in [-0.15, -0.1) is 0 Å². The van der Waals surface area contributed by atoms with Gasteiger partial charge in [-0.3, -0.25) is 4.79 Å². The van der Waals surface area contributed by atoms with Crippen LogP contribution in [-0.4, -0.2) is 12.9 Å². The van der Waals surface area contributed by atoms with Gasteiger partial charge >= 0.3 is 0 Å². The first-order valence-corrected chi connectivity index (χ1v) is 12.6. The summed E-state index contributed by atoms with van der Waals surface area (Å²) in [6.45, 7) is 0. The summed E-state index contributed by atoms with van der Waals surface area (Å²) in [4.78, 5) is 13.7. The van der Waals surface area contributed by atoms with Gasteiger partial charge in [0.05, 0.1) is 7.11 Å². The normalized spacial score (nSPS) is 19.3. The van der Waals surface area contributed by atoms with Crippen molar-refractivity contribution in [1.82, 2.24) is 5.32 Å². The van der Waals surface area contributed by atoms with Crippen molar-refractivity contribution in [2.45, 2.75) is 18.8 Å². The van der Waals surface area contributed by atoms with E-state index in [1.54, 1.807) is 7.11 Å². The van der Waals surface area contributed by atoms with Crippen molar-refractivity contribution >= 4 is 29.5 Å². The van der Waals surface area contributed by atoms with E-state index in [0.29, 0.717) is 12.0 Å². The largest absolute Gasteiger partial charge is 0.497 e. The van der Waals surface area contributed by atoms with Crippen molar-refractivity contribution in [3.05, 3.63) is 123 Å². The predicted molar refractivity (Wildman–Crippen MR) is 146 cm³/mol. The van der Waals surface area contributed by atoms with Crippen LogP contribution in [0.4, 0.5) is 0 Å². The second-order valence-electron chi connectivity index (χ2n) is 9.40. The number of halogens is 1. The number of hydrogen-bond acceptors (Lipinski definition) is 3. The molecule has 4 heteroatoms. The van der Waals surface area contributed by atoms with Crippen LogP contribution >= 0.6 is 11.6 Å². The van der Waals surface area contributed by atoms with E-state index in [1.165, 1.54) is 27.5 Å². The van der Waals surface area contributed by atoms with E-state index >= 15 is 0 Å². The van der Waals surface area contributed by atoms with Crippen molar-refractivity contribution in [3.8, 4) is 16.9 Å². The molecule has 2 atom stereocenters. The van der Waals surface area contributed by atoms with Gasteiger partial charge in [0.15, 0.2) is 5.78 Å². The Morgan fingerprint density at radius 3 is 2.67 bits per heavy atom. The third-order valence-corrected chi connectivity index (χ3v) is 7.61. The Hall–Kier alpha value is -3.82. The molecule has 2 unspecified atom stereocenters. The summed E-state index contributed by atoms with van der Waals surface area (Å²) >= 11 is 6.38. The lowest BCUT2D eigenvalue weighted by Gasteiger charge is -2.30. The highest BCUT2D eigenvalue weighted by Gasteiger charge is 2.31. The van der Waals surface area contributed by atoms with Crippen LogP contribution in [0.5, 0.6) is 5.75 Å². The molecule has 3 aromatic carbocycles. The average Bonchev–Trinajstić information content (AvgIpc) is 3.21. The first-order valence-electron chi connectivity index (χ1n) is 12.2. The molecule has 178 valence electrons. The van der Waals surface area contributed by atoms with Gasteiger partial charge < -0.3 is 10.1 Å². The quantitative estimate of drug-likeness (QED) is 0.477. The highest BCUT2D eigenvalue weighted by molar-refractivity contribution is 6.30. The number of hydrogen-bond donors (Lipinski definition) is 1. The number of ketones is 1. The molecule has 6 rings (SSSR count). The zero-order valence-corrected chi connectivity index (χ0v) is 20.8. The van der Waals surface area contributed by atoms with E-state index in [0.717, 1.165) is 28.1 Å². The first-order chi connectivity index (χ1) is 17.6. The van der Waals surface area contributed by atoms with Crippen molar-refractivity contribution < 1.29 is 9.53 Å². The van der Waals surface area contributed by atoms with Gasteiger partial charge in [-0.05, 0) is 94.1 Å². The Labute approximate surface area is 215 Å². The first kappa shape index (κ1) is 22.6. The number of ether oxygens (including phenoxy) is 1. The zero-order valence-electron chi connectivity index (χ0n) is 20.0. The number of methoxy groups -OCH3 is 1. The van der Waals surface area contributed by atoms with E-state index in [2.05, 4.69) is 47.8 Å². The zero-order chi connectivity index (χ0) is 24.6. The van der Waals surface area contributed by atoms with Gasteiger partial charge in [0, 0.05) is 34.3 Å². The van der Waals surface area contributed by atoms with Gasteiger partial charge in [-0.25, -0.2) is 0 Å². The molecule has 3 nitrogen and oxygen atoms in total. The molecule has 0 amide bonds. The fraction of sp³-hybridized carbons (Fsp3) is 0.156. The topological polar surface area (TPSA) is 38.3 Å². The number of benzene rings is 3. The Morgan fingerprint density at radius 2 is 1.83 bits per heavy atom. The summed E-state index contributed by atoms with van der Waals surface area (Å²) < 4.78 is 5.29. The summed E-state index contributed by atoms with van der Waals surface area (Å²) in [7, 11) is 1.63. The van der Waals surface area contributed by atoms with Crippen LogP contribution in [-0.2, 0) is 6.42 Å². The molecule has 36 heavy (non-hydrogen) atoms. The highest BCUT2D eigenvalue weighted by atomic mass is 35.5. The fourth-order valence-electron chi connectivity index (χ4n) is 5.57. The molecule has 1 heterocycles. The standard InChI is InChI=1S/C32H26ClNO2/c1-36-24-11-7-21(8-12-24)32(35)22-17-29-26-13-9-20-6-10-23(33)19-28(20)25(26)14-15-27(29)30(18-22)31-5-3-2-4-16-34-31/h2-8,10-17,19,22,30,34H,9,18H2,1H3. The van der Waals surface area contributed by atoms with Crippen LogP contribution in [0.25, 0.3) is 23.3 Å². The van der Waals surface area contributed by atoms with Crippen molar-refractivity contribution in [2.24, 2.45) is 5.92 Å². The molecule has 2 aliphatic carbocycles. The maximum atomic E-state index is 13.7. The smallest absolute Gasteiger partial charge is 0.169 e. The van der Waals surface area contributed by atoms with Crippen LogP contribution in [0.2, 0.25) is 5.02 Å². The number of Topliss-reactive ketones (excluding diaryl/α,β-unsaturated/α-hetero) is 1. The van der Waals surface area contributed by atoms with E-state index < -0.39 is 0 Å². The van der Waals surface area contributed by atoms with Gasteiger partial charge in [0.2, 0.25) is 0 Å². The third kappa shape index (κ3) is 4.00. The molecule has 0 fully saturated rings. The molecule has 0 radical (unpaired) electrons. The summed E-state index contributed by atoms with van der Waals surface area (Å²) in [5, 5.41) is 6.54. The average molecular weight is 492 g/mol. The Balaban J connectivity index is 1.52. The third-order valence-electron chi connectivity index (χ3n) is 7.37. The van der Waals surface area contributed by atoms with Gasteiger partial charge in [-0.1, -0.05) is 54.1 Å². The molecule has 3 aromatic rings. The number of fused-ring (bicyclic) bond motifs is 5. The minimum absolute atomic E-state index is 0.0732. The number of nitrogens with one attached hydrogen (secondary N) is 1. The molecule has 1 aliphatic heterocycles. The maximum Gasteiger partial charge on any atom is 0.169 e. The van der Waals surface area contributed by atoms with Crippen molar-refractivity contribution in [1.29, 1.82) is 0 Å². The predicted octanol–water partition coefficient (Wildman–Crippen LogP) is 5.68. The lowest BCUT2D eigenvalue weighted by atomic mass is 9.75. The van der Waals surface area contributed by atoms with E-state index in [1.807, 2.05) is 54.8 Å². The van der Waals surface area contributed by atoms with Gasteiger partial charge in [0.25, 0.3) is 0 Å². The van der Waals surface area contributed by atoms with Crippen molar-refractivity contribution in [3.63, 3.8) is 0 Å². The molecular formula is C32H26ClNO2. The summed E-state index contributed by atoms with van der Waals surface area (Å²) in [5.74, 6) is 0.708. The molecule has 1 N–H and O–H groups in total. The van der Waals surface area contributed by atoms with E-state index in [-0.39, 0.29) is 17.6 Å². The summed E-state index contributed by atoms with van der Waals surface area (Å²) in [6, 6.07) is 18.0. The lowest BCUT2D eigenvalue weighted by Crippen LogP contribution is -2.39. The summed E-state index contributed by atoms with van der Waals surface area (Å²) in [6.07, 6.45) is 16.2. The second-order valence-corrected chi connectivity index (χ2v) is 9.84. The number of carbonyl (C=O) groups is 1. The molecule has 0 aromatic heterocycles. The van der Waals surface area contributed by atoms with Crippen LogP contribution < -0.4 is 20.5 Å². The van der Waals surface area contributed by atoms with E-state index in [9.17, 15) is 4.79 Å². The molecule has 0 bridgehead atoms. The summed E-state index contributed by atoms with van der Waals surface area (Å²) in [5.41, 5.74) is 6.67. The van der Waals surface area contributed by atoms with Crippen molar-refractivity contribution in [2.75, 3.05) is 7.11 Å². The number of rotatable bonds is 4. The van der Waals surface area contributed by atoms with Crippen LogP contribution in [0.15, 0.2) is 90.8 Å². The SMILES string of the molecule is COc1ccc(C(=O)C2C=c3c(ccc4c3=CCc3ccc(Cl)cc3-4)C(C3=CC=CC=CN3)C2)cc1. The van der Waals surface area contributed by atoms with Crippen LogP contribution in [0.3, 0.4) is 0 Å². The Morgan fingerprint density at radius 1 is 0.972 bits per heavy atom. The van der Waals surface area contributed by atoms with Crippen LogP contribution in [0, 0.1) is 5.92 Å². The Bertz CT molecular complexity index is 1580. The second kappa shape index (κ2) is 9.33. The minimum Gasteiger partial charge on any atom is -0.497 e. The Kier molecular flexibility index (Phi) is 5.86. The minimum atomic E-state index is -0.240. The monoisotopic (exact) mass is 491 g/mol. The fourth-order valence-corrected chi connectivity index (χ4v) is 5.74. The number of allylic oxidation sites excluding steroid dienone is 5. The molecule has 0 saturated heterocycles. The molecular weight excluding hydrogens is 466 g/mol. The van der Waals surface area contributed by atoms with E-state index in [4.69, 9.17) is 16.3 Å². The lowest BCUT2D eigenvalue weighted by molar-refractivity contribution is 0.0944. The maximum absolute atomic E-state index is 13.7. The number of carbonyl (C=O) groups excluding carboxylic acids is 1. The van der Waals surface area contributed by atoms with Gasteiger partial charge in [-0.2, -0.15) is 0 Å². The molecule has 3 aliphatic rings. The van der Waals surface area contributed by atoms with Gasteiger partial charge in [0.1, 0.15) is 5.75 Å². The molecule has 0 spiro atoms. The van der Waals surface area contributed by atoms with Crippen LogP contribution in [0.1, 0.15) is 33.8 Å². The molecule has 0 saturated carbocycles. The highest BCUT2D eigenvalue weighted by Crippen LogP contribution is 2.35.